The lowest BCUT2D eigenvalue weighted by atomic mass is 10.1. The van der Waals surface area contributed by atoms with Crippen molar-refractivity contribution in [1.29, 1.82) is 0 Å². The SMILES string of the molecule is CC(=O)c1cccc(Nc2ccc(NC(=O)c3ccc(Cl)cc3)cn2)c1. The molecule has 0 radical (unpaired) electrons. The van der Waals surface area contributed by atoms with Crippen LogP contribution in [0, 0.1) is 0 Å². The van der Waals surface area contributed by atoms with Gasteiger partial charge in [0.2, 0.25) is 0 Å². The second kappa shape index (κ2) is 7.80. The fourth-order valence-electron chi connectivity index (χ4n) is 2.31. The fraction of sp³-hybridized carbons (Fsp3) is 0.0500. The van der Waals surface area contributed by atoms with Crippen LogP contribution in [0.5, 0.6) is 0 Å². The van der Waals surface area contributed by atoms with Crippen LogP contribution in [0.2, 0.25) is 5.02 Å². The second-order valence-corrected chi connectivity index (χ2v) is 6.09. The van der Waals surface area contributed by atoms with E-state index in [1.165, 1.54) is 6.92 Å². The van der Waals surface area contributed by atoms with Crippen molar-refractivity contribution in [2.24, 2.45) is 0 Å². The molecule has 0 bridgehead atoms. The lowest BCUT2D eigenvalue weighted by Crippen LogP contribution is -2.11. The molecule has 3 rings (SSSR count). The van der Waals surface area contributed by atoms with Crippen LogP contribution in [0.1, 0.15) is 27.6 Å². The lowest BCUT2D eigenvalue weighted by molar-refractivity contribution is 0.101. The molecule has 130 valence electrons. The zero-order chi connectivity index (χ0) is 18.5. The van der Waals surface area contributed by atoms with Crippen LogP contribution in [0.25, 0.3) is 0 Å². The summed E-state index contributed by atoms with van der Waals surface area (Å²) >= 11 is 5.82. The first-order valence-corrected chi connectivity index (χ1v) is 8.30. The summed E-state index contributed by atoms with van der Waals surface area (Å²) in [7, 11) is 0. The molecule has 3 aromatic rings. The molecule has 0 aliphatic carbocycles. The number of hydrogen-bond donors (Lipinski definition) is 2. The summed E-state index contributed by atoms with van der Waals surface area (Å²) in [6.07, 6.45) is 1.56. The van der Waals surface area contributed by atoms with Crippen molar-refractivity contribution in [3.8, 4) is 0 Å². The molecule has 0 saturated carbocycles. The van der Waals surface area contributed by atoms with Crippen LogP contribution < -0.4 is 10.6 Å². The minimum Gasteiger partial charge on any atom is -0.340 e. The summed E-state index contributed by atoms with van der Waals surface area (Å²) in [6.45, 7) is 1.52. The molecule has 2 aromatic carbocycles. The molecule has 0 unspecified atom stereocenters. The normalized spacial score (nSPS) is 10.2. The van der Waals surface area contributed by atoms with E-state index < -0.39 is 0 Å². The minimum atomic E-state index is -0.238. The third-order valence-electron chi connectivity index (χ3n) is 3.67. The first-order chi connectivity index (χ1) is 12.5. The van der Waals surface area contributed by atoms with Crippen molar-refractivity contribution in [3.05, 3.63) is 83.0 Å². The predicted octanol–water partition coefficient (Wildman–Crippen LogP) is 4.93. The number of aromatic nitrogens is 1. The maximum Gasteiger partial charge on any atom is 0.255 e. The Morgan fingerprint density at radius 1 is 0.923 bits per heavy atom. The van der Waals surface area contributed by atoms with Crippen LogP contribution in [0.4, 0.5) is 17.2 Å². The van der Waals surface area contributed by atoms with E-state index in [2.05, 4.69) is 15.6 Å². The molecule has 26 heavy (non-hydrogen) atoms. The summed E-state index contributed by atoms with van der Waals surface area (Å²) in [5, 5.41) is 6.48. The first-order valence-electron chi connectivity index (χ1n) is 7.92. The standard InChI is InChI=1S/C20H16ClN3O2/c1-13(25)15-3-2-4-17(11-15)23-19-10-9-18(12-22-19)24-20(26)14-5-7-16(21)8-6-14/h2-12H,1H3,(H,22,23)(H,24,26). The summed E-state index contributed by atoms with van der Waals surface area (Å²) in [6, 6.07) is 17.3. The number of nitrogens with zero attached hydrogens (tertiary/aromatic N) is 1. The molecule has 5 nitrogen and oxygen atoms in total. The van der Waals surface area contributed by atoms with Crippen LogP contribution in [0.3, 0.4) is 0 Å². The molecule has 0 atom stereocenters. The fourth-order valence-corrected chi connectivity index (χ4v) is 2.44. The van der Waals surface area contributed by atoms with Crippen LogP contribution in [0.15, 0.2) is 66.9 Å². The van der Waals surface area contributed by atoms with Crippen molar-refractivity contribution in [2.75, 3.05) is 10.6 Å². The Labute approximate surface area is 156 Å². The largest absolute Gasteiger partial charge is 0.340 e. The van der Waals surface area contributed by atoms with E-state index in [1.54, 1.807) is 60.8 Å². The van der Waals surface area contributed by atoms with Gasteiger partial charge in [0.1, 0.15) is 5.82 Å². The Morgan fingerprint density at radius 3 is 2.35 bits per heavy atom. The van der Waals surface area contributed by atoms with E-state index in [-0.39, 0.29) is 11.7 Å². The molecule has 0 spiro atoms. The summed E-state index contributed by atoms with van der Waals surface area (Å²) in [5.41, 5.74) is 2.48. The van der Waals surface area contributed by atoms with Crippen molar-refractivity contribution in [3.63, 3.8) is 0 Å². The molecule has 6 heteroatoms. The Bertz CT molecular complexity index is 938. The van der Waals surface area contributed by atoms with Gasteiger partial charge in [0.05, 0.1) is 11.9 Å². The van der Waals surface area contributed by atoms with E-state index in [1.807, 2.05) is 6.07 Å². The van der Waals surface area contributed by atoms with Gasteiger partial charge in [-0.2, -0.15) is 0 Å². The summed E-state index contributed by atoms with van der Waals surface area (Å²) in [5.74, 6) is 0.371. The highest BCUT2D eigenvalue weighted by Gasteiger charge is 2.07. The maximum absolute atomic E-state index is 12.2. The van der Waals surface area contributed by atoms with Crippen molar-refractivity contribution in [2.45, 2.75) is 6.92 Å². The zero-order valence-electron chi connectivity index (χ0n) is 14.0. The number of carbonyl (C=O) groups is 2. The average molecular weight is 366 g/mol. The molecule has 0 saturated heterocycles. The van der Waals surface area contributed by atoms with E-state index in [0.717, 1.165) is 5.69 Å². The van der Waals surface area contributed by atoms with Gasteiger partial charge in [0.25, 0.3) is 5.91 Å². The number of anilines is 3. The second-order valence-electron chi connectivity index (χ2n) is 5.66. The van der Waals surface area contributed by atoms with E-state index >= 15 is 0 Å². The number of amides is 1. The van der Waals surface area contributed by atoms with E-state index in [0.29, 0.717) is 27.7 Å². The Kier molecular flexibility index (Phi) is 5.29. The van der Waals surface area contributed by atoms with Crippen LogP contribution in [-0.2, 0) is 0 Å². The van der Waals surface area contributed by atoms with Crippen molar-refractivity contribution in [1.82, 2.24) is 4.98 Å². The van der Waals surface area contributed by atoms with Gasteiger partial charge in [0.15, 0.2) is 5.78 Å². The zero-order valence-corrected chi connectivity index (χ0v) is 14.7. The number of hydrogen-bond acceptors (Lipinski definition) is 4. The summed E-state index contributed by atoms with van der Waals surface area (Å²) < 4.78 is 0. The average Bonchev–Trinajstić information content (AvgIpc) is 2.64. The smallest absolute Gasteiger partial charge is 0.255 e. The van der Waals surface area contributed by atoms with Gasteiger partial charge in [-0.15, -0.1) is 0 Å². The molecule has 1 heterocycles. The molecule has 0 fully saturated rings. The van der Waals surface area contributed by atoms with E-state index in [9.17, 15) is 9.59 Å². The van der Waals surface area contributed by atoms with Crippen molar-refractivity contribution >= 4 is 40.5 Å². The number of Topliss-reactive ketones (excluding diaryl/α,β-unsaturated/α-hetero) is 1. The highest BCUT2D eigenvalue weighted by molar-refractivity contribution is 6.30. The number of pyridine rings is 1. The minimum absolute atomic E-state index is 0.00173. The molecule has 2 N–H and O–H groups in total. The van der Waals surface area contributed by atoms with Gasteiger partial charge in [-0.3, -0.25) is 9.59 Å². The van der Waals surface area contributed by atoms with E-state index in [4.69, 9.17) is 11.6 Å². The predicted molar refractivity (Wildman–Crippen MR) is 103 cm³/mol. The molecule has 1 aromatic heterocycles. The third-order valence-corrected chi connectivity index (χ3v) is 3.92. The Hall–Kier alpha value is -3.18. The Morgan fingerprint density at radius 2 is 1.69 bits per heavy atom. The van der Waals surface area contributed by atoms with Gasteiger partial charge >= 0.3 is 0 Å². The lowest BCUT2D eigenvalue weighted by Gasteiger charge is -2.09. The molecule has 0 aliphatic heterocycles. The number of nitrogens with one attached hydrogen (secondary N) is 2. The topological polar surface area (TPSA) is 71.1 Å². The van der Waals surface area contributed by atoms with Gasteiger partial charge in [0, 0.05) is 21.8 Å². The Balaban J connectivity index is 1.66. The van der Waals surface area contributed by atoms with Crippen LogP contribution >= 0.6 is 11.6 Å². The summed E-state index contributed by atoms with van der Waals surface area (Å²) in [4.78, 5) is 27.9. The van der Waals surface area contributed by atoms with Crippen molar-refractivity contribution < 1.29 is 9.59 Å². The van der Waals surface area contributed by atoms with Gasteiger partial charge in [-0.05, 0) is 55.5 Å². The van der Waals surface area contributed by atoms with Gasteiger partial charge in [-0.25, -0.2) is 4.98 Å². The monoisotopic (exact) mass is 365 g/mol. The number of benzene rings is 2. The van der Waals surface area contributed by atoms with Crippen LogP contribution in [-0.4, -0.2) is 16.7 Å². The van der Waals surface area contributed by atoms with Gasteiger partial charge < -0.3 is 10.6 Å². The number of carbonyl (C=O) groups excluding carboxylic acids is 2. The third kappa shape index (κ3) is 4.46. The molecular weight excluding hydrogens is 350 g/mol. The maximum atomic E-state index is 12.2. The first kappa shape index (κ1) is 17.6. The highest BCUT2D eigenvalue weighted by atomic mass is 35.5. The van der Waals surface area contributed by atoms with Gasteiger partial charge in [-0.1, -0.05) is 23.7 Å². The number of ketones is 1. The molecule has 0 aliphatic rings. The molecule has 1 amide bonds. The highest BCUT2D eigenvalue weighted by Crippen LogP contribution is 2.18. The molecular formula is C20H16ClN3O2. The quantitative estimate of drug-likeness (QED) is 0.628. The number of rotatable bonds is 5. The number of halogens is 1.